The van der Waals surface area contributed by atoms with Gasteiger partial charge in [0.15, 0.2) is 0 Å². The van der Waals surface area contributed by atoms with E-state index in [1.54, 1.807) is 6.07 Å². The number of nitrogens with one attached hydrogen (secondary N) is 1. The van der Waals surface area contributed by atoms with E-state index >= 15 is 0 Å². The van der Waals surface area contributed by atoms with Gasteiger partial charge in [-0.05, 0) is 12.1 Å². The van der Waals surface area contributed by atoms with Crippen molar-refractivity contribution in [1.82, 2.24) is 10.3 Å². The molecule has 15 heavy (non-hydrogen) atoms. The Morgan fingerprint density at radius 2 is 2.27 bits per heavy atom. The number of nitrogens with zero attached hydrogens (tertiary/aromatic N) is 1. The molecule has 0 aliphatic carbocycles. The fourth-order valence-electron chi connectivity index (χ4n) is 1.08. The lowest BCUT2D eigenvalue weighted by molar-refractivity contribution is 0.0600. The Labute approximate surface area is 89.7 Å². The molecule has 1 rings (SSSR count). The summed E-state index contributed by atoms with van der Waals surface area (Å²) in [5.74, 6) is -0.356. The van der Waals surface area contributed by atoms with Gasteiger partial charge in [-0.15, -0.1) is 0 Å². The lowest BCUT2D eigenvalue weighted by Crippen LogP contribution is -2.22. The minimum Gasteiger partial charge on any atom is -0.465 e. The summed E-state index contributed by atoms with van der Waals surface area (Å²) in [6.45, 7) is 4.85. The lowest BCUT2D eigenvalue weighted by Gasteiger charge is -2.07. The number of aromatic nitrogens is 1. The number of hydrogen-bond donors (Lipinski definition) is 1. The third-order valence-electron chi connectivity index (χ3n) is 1.94. The van der Waals surface area contributed by atoms with Crippen LogP contribution in [0.2, 0.25) is 0 Å². The summed E-state index contributed by atoms with van der Waals surface area (Å²) in [5, 5.41) is 3.25. The van der Waals surface area contributed by atoms with Gasteiger partial charge in [-0.2, -0.15) is 0 Å². The van der Waals surface area contributed by atoms with Gasteiger partial charge in [0, 0.05) is 18.8 Å². The molecule has 0 unspecified atom stereocenters. The Morgan fingerprint density at radius 1 is 1.53 bits per heavy atom. The van der Waals surface area contributed by atoms with Gasteiger partial charge in [-0.3, -0.25) is 4.98 Å². The highest BCUT2D eigenvalue weighted by atomic mass is 16.5. The van der Waals surface area contributed by atoms with Crippen LogP contribution in [0.3, 0.4) is 0 Å². The van der Waals surface area contributed by atoms with Crippen LogP contribution in [0.5, 0.6) is 0 Å². The molecule has 1 aromatic heterocycles. The first kappa shape index (κ1) is 11.7. The Hall–Kier alpha value is -1.42. The van der Waals surface area contributed by atoms with Gasteiger partial charge in [-0.1, -0.05) is 13.8 Å². The number of rotatable bonds is 4. The molecule has 4 nitrogen and oxygen atoms in total. The average Bonchev–Trinajstić information content (AvgIpc) is 2.26. The van der Waals surface area contributed by atoms with Crippen LogP contribution in [-0.2, 0) is 11.3 Å². The van der Waals surface area contributed by atoms with Crippen LogP contribution in [-0.4, -0.2) is 24.1 Å². The molecule has 0 spiro atoms. The van der Waals surface area contributed by atoms with Crippen LogP contribution in [0.25, 0.3) is 0 Å². The van der Waals surface area contributed by atoms with E-state index in [1.807, 2.05) is 6.07 Å². The molecule has 0 aliphatic heterocycles. The third-order valence-corrected chi connectivity index (χ3v) is 1.94. The SMILES string of the molecule is COC(=O)c1ccc(CNC(C)C)nc1. The highest BCUT2D eigenvalue weighted by Gasteiger charge is 2.05. The van der Waals surface area contributed by atoms with Crippen molar-refractivity contribution in [2.75, 3.05) is 7.11 Å². The van der Waals surface area contributed by atoms with Crippen LogP contribution in [0, 0.1) is 0 Å². The van der Waals surface area contributed by atoms with Gasteiger partial charge >= 0.3 is 5.97 Å². The molecule has 0 fully saturated rings. The van der Waals surface area contributed by atoms with Gasteiger partial charge in [0.05, 0.1) is 18.4 Å². The van der Waals surface area contributed by atoms with Crippen LogP contribution < -0.4 is 5.32 Å². The molecule has 0 radical (unpaired) electrons. The van der Waals surface area contributed by atoms with Gasteiger partial charge in [0.25, 0.3) is 0 Å². The molecular weight excluding hydrogens is 192 g/mol. The zero-order valence-electron chi connectivity index (χ0n) is 9.28. The second kappa shape index (κ2) is 5.46. The van der Waals surface area contributed by atoms with E-state index in [0.29, 0.717) is 18.2 Å². The number of methoxy groups -OCH3 is 1. The minimum absolute atomic E-state index is 0.356. The van der Waals surface area contributed by atoms with Gasteiger partial charge in [0.1, 0.15) is 0 Å². The van der Waals surface area contributed by atoms with Crippen molar-refractivity contribution >= 4 is 5.97 Å². The van der Waals surface area contributed by atoms with E-state index < -0.39 is 0 Å². The first-order valence-electron chi connectivity index (χ1n) is 4.90. The van der Waals surface area contributed by atoms with E-state index in [9.17, 15) is 4.79 Å². The van der Waals surface area contributed by atoms with E-state index in [4.69, 9.17) is 0 Å². The van der Waals surface area contributed by atoms with Crippen molar-refractivity contribution < 1.29 is 9.53 Å². The number of carbonyl (C=O) groups excluding carboxylic acids is 1. The highest BCUT2D eigenvalue weighted by Crippen LogP contribution is 2.02. The van der Waals surface area contributed by atoms with Crippen LogP contribution in [0.15, 0.2) is 18.3 Å². The zero-order valence-corrected chi connectivity index (χ0v) is 9.28. The summed E-state index contributed by atoms with van der Waals surface area (Å²) in [7, 11) is 1.36. The van der Waals surface area contributed by atoms with E-state index in [-0.39, 0.29) is 5.97 Å². The predicted octanol–water partition coefficient (Wildman–Crippen LogP) is 1.37. The van der Waals surface area contributed by atoms with Gasteiger partial charge in [-0.25, -0.2) is 4.79 Å². The van der Waals surface area contributed by atoms with Crippen molar-refractivity contribution in [3.63, 3.8) is 0 Å². The summed E-state index contributed by atoms with van der Waals surface area (Å²) >= 11 is 0. The molecular formula is C11H16N2O2. The molecule has 1 aromatic rings. The van der Waals surface area contributed by atoms with Gasteiger partial charge in [0.2, 0.25) is 0 Å². The molecule has 0 atom stereocenters. The van der Waals surface area contributed by atoms with Crippen LogP contribution in [0.4, 0.5) is 0 Å². The Bertz CT molecular complexity index is 320. The average molecular weight is 208 g/mol. The fourth-order valence-corrected chi connectivity index (χ4v) is 1.08. The summed E-state index contributed by atoms with van der Waals surface area (Å²) in [5.41, 5.74) is 1.39. The maximum absolute atomic E-state index is 11.1. The normalized spacial score (nSPS) is 10.4. The standard InChI is InChI=1S/C11H16N2O2/c1-8(2)12-7-10-5-4-9(6-13-10)11(14)15-3/h4-6,8,12H,7H2,1-3H3. The Balaban J connectivity index is 2.60. The molecule has 0 saturated heterocycles. The van der Waals surface area contributed by atoms with Crippen molar-refractivity contribution in [2.24, 2.45) is 0 Å². The summed E-state index contributed by atoms with van der Waals surface area (Å²) in [4.78, 5) is 15.3. The molecule has 1 N–H and O–H groups in total. The first-order valence-corrected chi connectivity index (χ1v) is 4.90. The van der Waals surface area contributed by atoms with E-state index in [0.717, 1.165) is 5.69 Å². The molecule has 1 heterocycles. The zero-order chi connectivity index (χ0) is 11.3. The lowest BCUT2D eigenvalue weighted by atomic mass is 10.2. The second-order valence-corrected chi connectivity index (χ2v) is 3.57. The van der Waals surface area contributed by atoms with Crippen LogP contribution in [0.1, 0.15) is 29.9 Å². The number of carbonyl (C=O) groups is 1. The quantitative estimate of drug-likeness (QED) is 0.759. The molecule has 4 heteroatoms. The van der Waals surface area contributed by atoms with Crippen molar-refractivity contribution in [2.45, 2.75) is 26.4 Å². The number of hydrogen-bond acceptors (Lipinski definition) is 4. The Morgan fingerprint density at radius 3 is 2.73 bits per heavy atom. The summed E-state index contributed by atoms with van der Waals surface area (Å²) in [6, 6.07) is 3.96. The maximum Gasteiger partial charge on any atom is 0.339 e. The van der Waals surface area contributed by atoms with E-state index in [2.05, 4.69) is 28.9 Å². The smallest absolute Gasteiger partial charge is 0.339 e. The molecule has 0 saturated carbocycles. The summed E-state index contributed by atoms with van der Waals surface area (Å²) in [6.07, 6.45) is 1.53. The largest absolute Gasteiger partial charge is 0.465 e. The van der Waals surface area contributed by atoms with E-state index in [1.165, 1.54) is 13.3 Å². The van der Waals surface area contributed by atoms with Gasteiger partial charge < -0.3 is 10.1 Å². The second-order valence-electron chi connectivity index (χ2n) is 3.57. The van der Waals surface area contributed by atoms with Crippen molar-refractivity contribution in [3.05, 3.63) is 29.6 Å². The Kier molecular flexibility index (Phi) is 4.24. The number of ether oxygens (including phenoxy) is 1. The minimum atomic E-state index is -0.356. The topological polar surface area (TPSA) is 51.2 Å². The molecule has 0 aromatic carbocycles. The third kappa shape index (κ3) is 3.67. The highest BCUT2D eigenvalue weighted by molar-refractivity contribution is 5.88. The molecule has 0 bridgehead atoms. The number of pyridine rings is 1. The predicted molar refractivity (Wildman–Crippen MR) is 57.6 cm³/mol. The summed E-state index contributed by atoms with van der Waals surface area (Å²) < 4.78 is 4.58. The molecule has 0 amide bonds. The van der Waals surface area contributed by atoms with Crippen LogP contribution >= 0.6 is 0 Å². The molecule has 0 aliphatic rings. The van der Waals surface area contributed by atoms with Crippen molar-refractivity contribution in [1.29, 1.82) is 0 Å². The monoisotopic (exact) mass is 208 g/mol. The fraction of sp³-hybridized carbons (Fsp3) is 0.455. The number of esters is 1. The molecule has 82 valence electrons. The maximum atomic E-state index is 11.1. The first-order chi connectivity index (χ1) is 7.13. The van der Waals surface area contributed by atoms with Crippen molar-refractivity contribution in [3.8, 4) is 0 Å².